The summed E-state index contributed by atoms with van der Waals surface area (Å²) >= 11 is 0. The summed E-state index contributed by atoms with van der Waals surface area (Å²) in [7, 11) is 4.27. The van der Waals surface area contributed by atoms with Gasteiger partial charge in [0, 0.05) is 25.7 Å². The normalized spacial score (nSPS) is 13.8. The van der Waals surface area contributed by atoms with Crippen molar-refractivity contribution in [3.05, 3.63) is 0 Å². The molecule has 0 aliphatic heterocycles. The maximum absolute atomic E-state index is 5.63. The molecule has 0 saturated carbocycles. The van der Waals surface area contributed by atoms with Gasteiger partial charge in [-0.3, -0.25) is 0 Å². The molecule has 0 saturated heterocycles. The molecule has 18 heavy (non-hydrogen) atoms. The highest BCUT2D eigenvalue weighted by molar-refractivity contribution is 4.71. The molecule has 0 radical (unpaired) electrons. The average Bonchev–Trinajstić information content (AvgIpc) is 2.20. The molecule has 0 rings (SSSR count). The highest BCUT2D eigenvalue weighted by Gasteiger charge is 2.10. The number of nitrogens with one attached hydrogen (secondary N) is 1. The molecule has 3 nitrogen and oxygen atoms in total. The smallest absolute Gasteiger partial charge is 0.0591 e. The lowest BCUT2D eigenvalue weighted by Gasteiger charge is -2.24. The van der Waals surface area contributed by atoms with Crippen LogP contribution in [0.3, 0.4) is 0 Å². The summed E-state index contributed by atoms with van der Waals surface area (Å²) in [6, 6.07) is 0.577. The van der Waals surface area contributed by atoms with Gasteiger partial charge in [-0.05, 0) is 38.8 Å². The van der Waals surface area contributed by atoms with E-state index in [9.17, 15) is 0 Å². The Balaban J connectivity index is 3.62. The molecule has 110 valence electrons. The molecule has 0 amide bonds. The van der Waals surface area contributed by atoms with Crippen molar-refractivity contribution in [1.29, 1.82) is 0 Å². The van der Waals surface area contributed by atoms with Crippen LogP contribution in [0.2, 0.25) is 0 Å². The minimum Gasteiger partial charge on any atom is -0.380 e. The van der Waals surface area contributed by atoms with E-state index in [1.807, 2.05) is 0 Å². The lowest BCUT2D eigenvalue weighted by Crippen LogP contribution is -2.40. The van der Waals surface area contributed by atoms with Gasteiger partial charge < -0.3 is 15.0 Å². The van der Waals surface area contributed by atoms with E-state index in [1.165, 1.54) is 6.42 Å². The molecule has 0 spiro atoms. The Hall–Kier alpha value is -0.120. The molecule has 3 heteroatoms. The zero-order valence-corrected chi connectivity index (χ0v) is 13.3. The molecular weight excluding hydrogens is 224 g/mol. The van der Waals surface area contributed by atoms with Crippen molar-refractivity contribution >= 4 is 0 Å². The lowest BCUT2D eigenvalue weighted by molar-refractivity contribution is 0.121. The van der Waals surface area contributed by atoms with Crippen molar-refractivity contribution < 1.29 is 4.74 Å². The Bertz CT molecular complexity index is 171. The second-order valence-electron chi connectivity index (χ2n) is 6.34. The van der Waals surface area contributed by atoms with Gasteiger partial charge in [-0.2, -0.15) is 0 Å². The Morgan fingerprint density at radius 3 is 2.17 bits per heavy atom. The third-order valence-electron chi connectivity index (χ3n) is 2.86. The maximum atomic E-state index is 5.63. The van der Waals surface area contributed by atoms with Crippen LogP contribution in [0.15, 0.2) is 0 Å². The summed E-state index contributed by atoms with van der Waals surface area (Å²) in [5.74, 6) is 1.48. The van der Waals surface area contributed by atoms with Crippen LogP contribution in [-0.4, -0.2) is 51.3 Å². The topological polar surface area (TPSA) is 24.5 Å². The second kappa shape index (κ2) is 10.8. The molecule has 0 aromatic heterocycles. The summed E-state index contributed by atoms with van der Waals surface area (Å²) in [4.78, 5) is 2.25. The van der Waals surface area contributed by atoms with E-state index in [0.29, 0.717) is 6.04 Å². The van der Waals surface area contributed by atoms with E-state index in [1.54, 1.807) is 0 Å². The van der Waals surface area contributed by atoms with Gasteiger partial charge in [-0.1, -0.05) is 27.7 Å². The first-order chi connectivity index (χ1) is 8.41. The van der Waals surface area contributed by atoms with Crippen LogP contribution >= 0.6 is 0 Å². The van der Waals surface area contributed by atoms with E-state index in [2.05, 4.69) is 52.0 Å². The van der Waals surface area contributed by atoms with Crippen molar-refractivity contribution in [2.75, 3.05) is 40.4 Å². The first-order valence-electron chi connectivity index (χ1n) is 7.37. The third-order valence-corrected chi connectivity index (χ3v) is 2.86. The number of hydrogen-bond acceptors (Lipinski definition) is 3. The number of hydrogen-bond donors (Lipinski definition) is 1. The Morgan fingerprint density at radius 2 is 1.67 bits per heavy atom. The van der Waals surface area contributed by atoms with Gasteiger partial charge in [-0.15, -0.1) is 0 Å². The van der Waals surface area contributed by atoms with Gasteiger partial charge in [-0.25, -0.2) is 0 Å². The highest BCUT2D eigenvalue weighted by atomic mass is 16.5. The van der Waals surface area contributed by atoms with Crippen molar-refractivity contribution in [3.8, 4) is 0 Å². The van der Waals surface area contributed by atoms with Gasteiger partial charge in [0.2, 0.25) is 0 Å². The van der Waals surface area contributed by atoms with Crippen LogP contribution in [0.25, 0.3) is 0 Å². The summed E-state index contributed by atoms with van der Waals surface area (Å²) in [5, 5.41) is 3.60. The summed E-state index contributed by atoms with van der Waals surface area (Å²) in [5.41, 5.74) is 0. The molecule has 0 aromatic rings. The fourth-order valence-corrected chi connectivity index (χ4v) is 1.99. The Kier molecular flexibility index (Phi) is 10.7. The van der Waals surface area contributed by atoms with Gasteiger partial charge in [0.25, 0.3) is 0 Å². The summed E-state index contributed by atoms with van der Waals surface area (Å²) < 4.78 is 5.63. The predicted molar refractivity (Wildman–Crippen MR) is 80.1 cm³/mol. The van der Waals surface area contributed by atoms with Crippen LogP contribution in [0.5, 0.6) is 0 Å². The van der Waals surface area contributed by atoms with Gasteiger partial charge in [0.1, 0.15) is 0 Å². The monoisotopic (exact) mass is 258 g/mol. The molecule has 1 atom stereocenters. The lowest BCUT2D eigenvalue weighted by atomic mass is 10.0. The fraction of sp³-hybridized carbons (Fsp3) is 1.00. The van der Waals surface area contributed by atoms with Crippen molar-refractivity contribution in [2.45, 2.75) is 46.6 Å². The van der Waals surface area contributed by atoms with Crippen molar-refractivity contribution in [1.82, 2.24) is 10.2 Å². The SMILES string of the molecule is CC(C)CCOCCNC(CC(C)C)CN(C)C. The second-order valence-corrected chi connectivity index (χ2v) is 6.34. The van der Waals surface area contributed by atoms with Crippen LogP contribution in [0.1, 0.15) is 40.5 Å². The first kappa shape index (κ1) is 17.9. The highest BCUT2D eigenvalue weighted by Crippen LogP contribution is 2.05. The van der Waals surface area contributed by atoms with E-state index >= 15 is 0 Å². The molecule has 0 heterocycles. The molecule has 0 aromatic carbocycles. The van der Waals surface area contributed by atoms with Crippen LogP contribution in [-0.2, 0) is 4.74 Å². The number of rotatable bonds is 11. The van der Waals surface area contributed by atoms with E-state index in [0.717, 1.165) is 44.6 Å². The zero-order valence-electron chi connectivity index (χ0n) is 13.3. The molecule has 1 N–H and O–H groups in total. The number of likely N-dealkylation sites (N-methyl/N-ethyl adjacent to an activating group) is 1. The quantitative estimate of drug-likeness (QED) is 0.577. The molecular formula is C15H34N2O. The molecule has 0 aliphatic rings. The Morgan fingerprint density at radius 1 is 1.00 bits per heavy atom. The number of nitrogens with zero attached hydrogens (tertiary/aromatic N) is 1. The standard InChI is InChI=1S/C15H34N2O/c1-13(2)7-9-18-10-8-16-15(11-14(3)4)12-17(5)6/h13-16H,7-12H2,1-6H3. The maximum Gasteiger partial charge on any atom is 0.0591 e. The summed E-state index contributed by atoms with van der Waals surface area (Å²) in [6.07, 6.45) is 2.39. The average molecular weight is 258 g/mol. The number of ether oxygens (including phenoxy) is 1. The van der Waals surface area contributed by atoms with E-state index < -0.39 is 0 Å². The molecule has 1 unspecified atom stereocenters. The van der Waals surface area contributed by atoms with Crippen LogP contribution in [0.4, 0.5) is 0 Å². The minimum absolute atomic E-state index is 0.577. The molecule has 0 bridgehead atoms. The largest absolute Gasteiger partial charge is 0.380 e. The van der Waals surface area contributed by atoms with Crippen molar-refractivity contribution in [3.63, 3.8) is 0 Å². The van der Waals surface area contributed by atoms with Crippen LogP contribution in [0, 0.1) is 11.8 Å². The molecule has 0 aliphatic carbocycles. The Labute approximate surface area is 114 Å². The van der Waals surface area contributed by atoms with E-state index in [-0.39, 0.29) is 0 Å². The van der Waals surface area contributed by atoms with Crippen molar-refractivity contribution in [2.24, 2.45) is 11.8 Å². The van der Waals surface area contributed by atoms with Gasteiger partial charge >= 0.3 is 0 Å². The first-order valence-corrected chi connectivity index (χ1v) is 7.37. The summed E-state index contributed by atoms with van der Waals surface area (Å²) in [6.45, 7) is 12.8. The van der Waals surface area contributed by atoms with Crippen LogP contribution < -0.4 is 5.32 Å². The third kappa shape index (κ3) is 12.3. The van der Waals surface area contributed by atoms with Gasteiger partial charge in [0.15, 0.2) is 0 Å². The molecule has 0 fully saturated rings. The predicted octanol–water partition coefficient (Wildman–Crippen LogP) is 2.62. The minimum atomic E-state index is 0.577. The van der Waals surface area contributed by atoms with E-state index in [4.69, 9.17) is 4.74 Å². The zero-order chi connectivity index (χ0) is 14.0. The fourth-order valence-electron chi connectivity index (χ4n) is 1.99. The van der Waals surface area contributed by atoms with Gasteiger partial charge in [0.05, 0.1) is 6.61 Å².